The van der Waals surface area contributed by atoms with Gasteiger partial charge in [0.2, 0.25) is 0 Å². The molecule has 0 spiro atoms. The van der Waals surface area contributed by atoms with Crippen LogP contribution in [0.15, 0.2) is 0 Å². The Morgan fingerprint density at radius 1 is 1.45 bits per heavy atom. The van der Waals surface area contributed by atoms with Gasteiger partial charge in [-0.1, -0.05) is 20.8 Å². The first-order valence-electron chi connectivity index (χ1n) is 3.43. The molecule has 0 saturated heterocycles. The predicted octanol–water partition coefficient (Wildman–Crippen LogP) is 2.57. The van der Waals surface area contributed by atoms with E-state index in [-0.39, 0.29) is 5.41 Å². The van der Waals surface area contributed by atoms with Crippen LogP contribution in [0.5, 0.6) is 0 Å². The molecule has 0 aliphatic carbocycles. The van der Waals surface area contributed by atoms with E-state index in [1.165, 1.54) is 11.5 Å². The van der Waals surface area contributed by atoms with Crippen LogP contribution in [0.3, 0.4) is 0 Å². The Labute approximate surface area is 75.8 Å². The highest BCUT2D eigenvalue weighted by Crippen LogP contribution is 2.20. The van der Waals surface area contributed by atoms with Gasteiger partial charge in [0.05, 0.1) is 5.88 Å². The average Bonchev–Trinajstić information content (AvgIpc) is 2.32. The molecular weight excluding hydrogens is 180 g/mol. The second kappa shape index (κ2) is 3.07. The van der Waals surface area contributed by atoms with Gasteiger partial charge in [-0.15, -0.1) is 11.6 Å². The topological polar surface area (TPSA) is 25.8 Å². The number of alkyl halides is 1. The van der Waals surface area contributed by atoms with Crippen LogP contribution in [0.4, 0.5) is 0 Å². The zero-order valence-corrected chi connectivity index (χ0v) is 8.46. The van der Waals surface area contributed by atoms with E-state index in [0.717, 1.165) is 10.8 Å². The monoisotopic (exact) mass is 190 g/mol. The van der Waals surface area contributed by atoms with Gasteiger partial charge in [-0.25, -0.2) is 4.98 Å². The third kappa shape index (κ3) is 2.14. The van der Waals surface area contributed by atoms with Gasteiger partial charge in [0.15, 0.2) is 0 Å². The molecule has 0 aromatic carbocycles. The minimum atomic E-state index is 0.0425. The second-order valence-electron chi connectivity index (χ2n) is 3.40. The summed E-state index contributed by atoms with van der Waals surface area (Å²) in [4.78, 5) is 4.28. The predicted molar refractivity (Wildman–Crippen MR) is 48.2 cm³/mol. The highest BCUT2D eigenvalue weighted by atomic mass is 35.5. The lowest BCUT2D eigenvalue weighted by Gasteiger charge is -2.11. The molecule has 62 valence electrons. The number of hydrogen-bond acceptors (Lipinski definition) is 3. The van der Waals surface area contributed by atoms with Crippen molar-refractivity contribution in [2.75, 3.05) is 0 Å². The Balaban J connectivity index is 2.89. The lowest BCUT2D eigenvalue weighted by atomic mass is 9.96. The Hall–Kier alpha value is -0.150. The van der Waals surface area contributed by atoms with Crippen LogP contribution < -0.4 is 0 Å². The Bertz CT molecular complexity index is 239. The summed E-state index contributed by atoms with van der Waals surface area (Å²) in [5.74, 6) is 1.35. The van der Waals surface area contributed by atoms with E-state index in [1.54, 1.807) is 0 Å². The van der Waals surface area contributed by atoms with E-state index in [9.17, 15) is 0 Å². The average molecular weight is 191 g/mol. The van der Waals surface area contributed by atoms with Crippen LogP contribution in [0.1, 0.15) is 31.6 Å². The van der Waals surface area contributed by atoms with E-state index in [0.29, 0.717) is 5.88 Å². The maximum atomic E-state index is 5.60. The summed E-state index contributed by atoms with van der Waals surface area (Å²) >= 11 is 6.98. The van der Waals surface area contributed by atoms with Crippen molar-refractivity contribution in [3.63, 3.8) is 0 Å². The van der Waals surface area contributed by atoms with Gasteiger partial charge in [-0.2, -0.15) is 4.37 Å². The summed E-state index contributed by atoms with van der Waals surface area (Å²) in [6.07, 6.45) is 0. The molecule has 4 heteroatoms. The highest BCUT2D eigenvalue weighted by Gasteiger charge is 2.18. The number of nitrogens with zero attached hydrogens (tertiary/aromatic N) is 2. The largest absolute Gasteiger partial charge is 0.223 e. The van der Waals surface area contributed by atoms with Gasteiger partial charge in [0.1, 0.15) is 10.8 Å². The van der Waals surface area contributed by atoms with Crippen LogP contribution in [0.2, 0.25) is 0 Å². The second-order valence-corrected chi connectivity index (χ2v) is 4.50. The normalized spacial score (nSPS) is 12.0. The molecule has 2 nitrogen and oxygen atoms in total. The van der Waals surface area contributed by atoms with Gasteiger partial charge < -0.3 is 0 Å². The molecule has 0 saturated carbocycles. The summed E-state index contributed by atoms with van der Waals surface area (Å²) in [5, 5.41) is 0.900. The van der Waals surface area contributed by atoms with Crippen molar-refractivity contribution in [1.82, 2.24) is 9.36 Å². The van der Waals surface area contributed by atoms with Gasteiger partial charge in [-0.05, 0) is 11.5 Å². The lowest BCUT2D eigenvalue weighted by Crippen LogP contribution is -2.13. The van der Waals surface area contributed by atoms with Crippen molar-refractivity contribution in [3.8, 4) is 0 Å². The van der Waals surface area contributed by atoms with E-state index in [1.807, 2.05) is 0 Å². The van der Waals surface area contributed by atoms with E-state index < -0.39 is 0 Å². The van der Waals surface area contributed by atoms with Crippen molar-refractivity contribution in [3.05, 3.63) is 10.8 Å². The third-order valence-corrected chi connectivity index (χ3v) is 2.38. The van der Waals surface area contributed by atoms with Crippen molar-refractivity contribution in [1.29, 1.82) is 0 Å². The van der Waals surface area contributed by atoms with Gasteiger partial charge in [0, 0.05) is 5.41 Å². The van der Waals surface area contributed by atoms with Crippen LogP contribution in [0, 0.1) is 0 Å². The zero-order chi connectivity index (χ0) is 8.48. The maximum absolute atomic E-state index is 5.60. The highest BCUT2D eigenvalue weighted by molar-refractivity contribution is 7.05. The molecule has 11 heavy (non-hydrogen) atoms. The molecular formula is C7H11ClN2S. The molecule has 1 aromatic rings. The maximum Gasteiger partial charge on any atom is 0.147 e. The van der Waals surface area contributed by atoms with Crippen LogP contribution in [-0.2, 0) is 11.3 Å². The Morgan fingerprint density at radius 3 is 2.36 bits per heavy atom. The van der Waals surface area contributed by atoms with Crippen LogP contribution >= 0.6 is 23.1 Å². The summed E-state index contributed by atoms with van der Waals surface area (Å²) in [5.41, 5.74) is 0.0425. The summed E-state index contributed by atoms with van der Waals surface area (Å²) in [6, 6.07) is 0. The molecule has 1 aromatic heterocycles. The summed E-state index contributed by atoms with van der Waals surface area (Å²) < 4.78 is 4.20. The standard InChI is InChI=1S/C7H11ClN2S/c1-7(2,3)6-9-5(4-8)11-10-6/h4H2,1-3H3. The first-order valence-corrected chi connectivity index (χ1v) is 4.74. The van der Waals surface area contributed by atoms with Gasteiger partial charge in [-0.3, -0.25) is 0 Å². The summed E-state index contributed by atoms with van der Waals surface area (Å²) in [7, 11) is 0. The quantitative estimate of drug-likeness (QED) is 0.637. The SMILES string of the molecule is CC(C)(C)c1nsc(CCl)n1. The first kappa shape index (κ1) is 8.94. The molecule has 0 radical (unpaired) electrons. The molecule has 0 atom stereocenters. The van der Waals surface area contributed by atoms with Crippen LogP contribution in [0.25, 0.3) is 0 Å². The molecule has 1 rings (SSSR count). The molecule has 0 N–H and O–H groups in total. The fourth-order valence-corrected chi connectivity index (χ4v) is 1.50. The van der Waals surface area contributed by atoms with Crippen molar-refractivity contribution in [2.24, 2.45) is 0 Å². The smallest absolute Gasteiger partial charge is 0.147 e. The Kier molecular flexibility index (Phi) is 2.50. The molecule has 0 unspecified atom stereocenters. The van der Waals surface area contributed by atoms with Crippen LogP contribution in [-0.4, -0.2) is 9.36 Å². The number of aromatic nitrogens is 2. The minimum absolute atomic E-state index is 0.0425. The fourth-order valence-electron chi connectivity index (χ4n) is 0.614. The van der Waals surface area contributed by atoms with Gasteiger partial charge >= 0.3 is 0 Å². The zero-order valence-electron chi connectivity index (χ0n) is 6.89. The van der Waals surface area contributed by atoms with Crippen molar-refractivity contribution < 1.29 is 0 Å². The number of halogens is 1. The van der Waals surface area contributed by atoms with E-state index in [2.05, 4.69) is 30.1 Å². The van der Waals surface area contributed by atoms with Crippen molar-refractivity contribution >= 4 is 23.1 Å². The molecule has 0 bridgehead atoms. The number of rotatable bonds is 1. The lowest BCUT2D eigenvalue weighted by molar-refractivity contribution is 0.553. The molecule has 0 aliphatic rings. The Morgan fingerprint density at radius 2 is 2.09 bits per heavy atom. The van der Waals surface area contributed by atoms with Crippen molar-refractivity contribution in [2.45, 2.75) is 32.1 Å². The van der Waals surface area contributed by atoms with E-state index >= 15 is 0 Å². The minimum Gasteiger partial charge on any atom is -0.223 e. The first-order chi connectivity index (χ1) is 5.04. The summed E-state index contributed by atoms with van der Waals surface area (Å²) in [6.45, 7) is 6.27. The van der Waals surface area contributed by atoms with Gasteiger partial charge in [0.25, 0.3) is 0 Å². The molecule has 1 heterocycles. The molecule has 0 fully saturated rings. The number of hydrogen-bond donors (Lipinski definition) is 0. The fraction of sp³-hybridized carbons (Fsp3) is 0.714. The third-order valence-electron chi connectivity index (χ3n) is 1.25. The molecule has 0 aliphatic heterocycles. The van der Waals surface area contributed by atoms with E-state index in [4.69, 9.17) is 11.6 Å². The molecule has 0 amide bonds.